The minimum atomic E-state index is -2.92. The number of unbranched alkanes of at least 4 members (excludes halogenated alkanes) is 6. The zero-order valence-electron chi connectivity index (χ0n) is 11.1. The van der Waals surface area contributed by atoms with Crippen LogP contribution in [0.2, 0.25) is 0 Å². The molecule has 0 bridgehead atoms. The van der Waals surface area contributed by atoms with Crippen LogP contribution in [0.25, 0.3) is 0 Å². The van der Waals surface area contributed by atoms with Crippen molar-refractivity contribution in [2.24, 2.45) is 0 Å². The number of hydrogen-bond donors (Lipinski definition) is 0. The summed E-state index contributed by atoms with van der Waals surface area (Å²) >= 11 is 4.78. The van der Waals surface area contributed by atoms with E-state index < -0.39 is 9.05 Å². The van der Waals surface area contributed by atoms with Crippen molar-refractivity contribution >= 4 is 20.2 Å². The van der Waals surface area contributed by atoms with E-state index in [0.717, 1.165) is 25.7 Å². The van der Waals surface area contributed by atoms with Crippen LogP contribution in [0.3, 0.4) is 0 Å². The van der Waals surface area contributed by atoms with Crippen LogP contribution in [0, 0.1) is 0 Å². The maximum Gasteiger partial charge on any atom is 0.269 e. The van der Waals surface area contributed by atoms with Gasteiger partial charge in [-0.25, -0.2) is 0 Å². The van der Waals surface area contributed by atoms with Gasteiger partial charge in [-0.1, -0.05) is 52.4 Å². The van der Waals surface area contributed by atoms with Gasteiger partial charge in [0.15, 0.2) is 0 Å². The van der Waals surface area contributed by atoms with Crippen LogP contribution >= 0.6 is 0 Å². The predicted octanol–water partition coefficient (Wildman–Crippen LogP) is 3.76. The van der Waals surface area contributed by atoms with Gasteiger partial charge in [0.25, 0.3) is 9.05 Å². The van der Waals surface area contributed by atoms with Gasteiger partial charge < -0.3 is 0 Å². The summed E-state index contributed by atoms with van der Waals surface area (Å²) < 4.78 is 21.8. The second kappa shape index (κ2) is 11.4. The quantitative estimate of drug-likeness (QED) is 0.511. The van der Waals surface area contributed by atoms with E-state index in [1.165, 1.54) is 25.7 Å². The Balaban J connectivity index is 3.46. The molecule has 0 aliphatic carbocycles. The molecule has 104 valence electrons. The van der Waals surface area contributed by atoms with Crippen LogP contribution in [0.4, 0.5) is 0 Å². The Morgan fingerprint density at radius 1 is 0.824 bits per heavy atom. The first-order chi connectivity index (χ1) is 8.12. The third kappa shape index (κ3) is 12.5. The summed E-state index contributed by atoms with van der Waals surface area (Å²) in [6.45, 7) is 5.18. The highest BCUT2D eigenvalue weighted by Gasteiger charge is 2.06. The average Bonchev–Trinajstić information content (AvgIpc) is 2.28. The molecule has 17 heavy (non-hydrogen) atoms. The standard InChI is InChI=1S/C12H26O3S2/c1-3-5-7-9-11-14-17(13,16)15-12-10-8-6-4-2/h3-12H2,1-2H3. The van der Waals surface area contributed by atoms with E-state index in [1.54, 1.807) is 0 Å². The maximum atomic E-state index is 11.6. The zero-order valence-corrected chi connectivity index (χ0v) is 12.7. The molecule has 0 aromatic rings. The molecule has 0 amide bonds. The van der Waals surface area contributed by atoms with E-state index in [4.69, 9.17) is 19.6 Å². The van der Waals surface area contributed by atoms with Gasteiger partial charge in [-0.15, -0.1) is 0 Å². The summed E-state index contributed by atoms with van der Waals surface area (Å²) in [7, 11) is -2.92. The molecule has 5 heteroatoms. The SMILES string of the molecule is CCCCCCOS(=O)(=S)OCCCCCC. The highest BCUT2D eigenvalue weighted by molar-refractivity contribution is 8.27. The minimum absolute atomic E-state index is 0.442. The molecule has 0 heterocycles. The molecule has 0 aromatic carbocycles. The second-order valence-electron chi connectivity index (χ2n) is 4.17. The van der Waals surface area contributed by atoms with Crippen LogP contribution in [0.1, 0.15) is 65.2 Å². The van der Waals surface area contributed by atoms with Crippen molar-refractivity contribution in [1.82, 2.24) is 0 Å². The van der Waals surface area contributed by atoms with E-state index >= 15 is 0 Å². The predicted molar refractivity (Wildman–Crippen MR) is 75.7 cm³/mol. The summed E-state index contributed by atoms with van der Waals surface area (Å²) in [6, 6.07) is 0. The highest BCUT2D eigenvalue weighted by Crippen LogP contribution is 2.05. The van der Waals surface area contributed by atoms with Gasteiger partial charge in [-0.3, -0.25) is 8.37 Å². The molecule has 0 aromatic heterocycles. The van der Waals surface area contributed by atoms with Crippen molar-refractivity contribution in [2.75, 3.05) is 13.2 Å². The van der Waals surface area contributed by atoms with Crippen molar-refractivity contribution in [3.63, 3.8) is 0 Å². The summed E-state index contributed by atoms with van der Waals surface area (Å²) in [4.78, 5) is 0. The van der Waals surface area contributed by atoms with Crippen LogP contribution in [-0.4, -0.2) is 17.4 Å². The Hall–Kier alpha value is 0.290. The smallest absolute Gasteiger partial charge is 0.269 e. The van der Waals surface area contributed by atoms with Crippen LogP contribution < -0.4 is 0 Å². The second-order valence-corrected chi connectivity index (χ2v) is 6.69. The van der Waals surface area contributed by atoms with Crippen molar-refractivity contribution in [3.05, 3.63) is 0 Å². The lowest BCUT2D eigenvalue weighted by Crippen LogP contribution is -2.10. The fourth-order valence-electron chi connectivity index (χ4n) is 1.41. The third-order valence-corrected chi connectivity index (χ3v) is 3.94. The molecule has 0 unspecified atom stereocenters. The third-order valence-electron chi connectivity index (χ3n) is 2.45. The molecule has 0 saturated carbocycles. The lowest BCUT2D eigenvalue weighted by Gasteiger charge is -2.08. The monoisotopic (exact) mass is 282 g/mol. The Kier molecular flexibility index (Phi) is 11.6. The van der Waals surface area contributed by atoms with Gasteiger partial charge in [0.2, 0.25) is 0 Å². The van der Waals surface area contributed by atoms with Crippen molar-refractivity contribution < 1.29 is 12.6 Å². The Bertz CT molecular complexity index is 230. The molecule has 0 fully saturated rings. The summed E-state index contributed by atoms with van der Waals surface area (Å²) in [5.74, 6) is 0. The Morgan fingerprint density at radius 2 is 1.24 bits per heavy atom. The maximum absolute atomic E-state index is 11.6. The molecule has 0 aliphatic rings. The summed E-state index contributed by atoms with van der Waals surface area (Å²) in [5, 5.41) is 0. The molecule has 0 spiro atoms. The van der Waals surface area contributed by atoms with Crippen molar-refractivity contribution in [2.45, 2.75) is 65.2 Å². The number of rotatable bonds is 12. The topological polar surface area (TPSA) is 35.5 Å². The first-order valence-corrected chi connectivity index (χ1v) is 8.99. The molecule has 0 radical (unpaired) electrons. The highest BCUT2D eigenvalue weighted by atomic mass is 32.9. The van der Waals surface area contributed by atoms with Crippen LogP contribution in [-0.2, 0) is 28.6 Å². The van der Waals surface area contributed by atoms with E-state index in [-0.39, 0.29) is 0 Å². The average molecular weight is 282 g/mol. The molecule has 0 rings (SSSR count). The molecule has 3 nitrogen and oxygen atoms in total. The largest absolute Gasteiger partial charge is 0.270 e. The van der Waals surface area contributed by atoms with Gasteiger partial charge >= 0.3 is 0 Å². The van der Waals surface area contributed by atoms with E-state index in [1.807, 2.05) is 0 Å². The number of hydrogen-bond acceptors (Lipinski definition) is 4. The molecule has 0 aliphatic heterocycles. The fraction of sp³-hybridized carbons (Fsp3) is 1.00. The zero-order chi connectivity index (χ0) is 13.0. The van der Waals surface area contributed by atoms with E-state index in [9.17, 15) is 4.21 Å². The molecule has 0 atom stereocenters. The first kappa shape index (κ1) is 17.3. The van der Waals surface area contributed by atoms with Crippen LogP contribution in [0.5, 0.6) is 0 Å². The van der Waals surface area contributed by atoms with Gasteiger partial charge in [0.1, 0.15) is 0 Å². The summed E-state index contributed by atoms with van der Waals surface area (Å²) in [5.41, 5.74) is 0. The van der Waals surface area contributed by atoms with Crippen molar-refractivity contribution in [1.29, 1.82) is 0 Å². The van der Waals surface area contributed by atoms with Gasteiger partial charge in [-0.2, -0.15) is 4.21 Å². The molecule has 0 saturated heterocycles. The van der Waals surface area contributed by atoms with E-state index in [0.29, 0.717) is 13.2 Å². The normalized spacial score (nSPS) is 11.9. The Labute approximate surface area is 111 Å². The molecular weight excluding hydrogens is 256 g/mol. The van der Waals surface area contributed by atoms with Crippen molar-refractivity contribution in [3.8, 4) is 0 Å². The fourth-order valence-corrected chi connectivity index (χ4v) is 2.53. The lowest BCUT2D eigenvalue weighted by atomic mass is 10.2. The van der Waals surface area contributed by atoms with Gasteiger partial charge in [-0.05, 0) is 12.8 Å². The van der Waals surface area contributed by atoms with E-state index in [2.05, 4.69) is 13.8 Å². The van der Waals surface area contributed by atoms with Gasteiger partial charge in [0, 0.05) is 11.2 Å². The van der Waals surface area contributed by atoms with Crippen LogP contribution in [0.15, 0.2) is 0 Å². The molecular formula is C12H26O3S2. The Morgan fingerprint density at radius 3 is 1.59 bits per heavy atom. The lowest BCUT2D eigenvalue weighted by molar-refractivity contribution is 0.239. The molecule has 0 N–H and O–H groups in total. The summed E-state index contributed by atoms with van der Waals surface area (Å²) in [6.07, 6.45) is 8.71. The first-order valence-electron chi connectivity index (χ1n) is 6.66. The minimum Gasteiger partial charge on any atom is -0.270 e. The van der Waals surface area contributed by atoms with Gasteiger partial charge in [0.05, 0.1) is 13.2 Å².